The Morgan fingerprint density at radius 2 is 1.89 bits per heavy atom. The number of benzene rings is 2. The number of rotatable bonds is 5. The zero-order valence-electron chi connectivity index (χ0n) is 14.5. The fourth-order valence-corrected chi connectivity index (χ4v) is 3.15. The molecule has 0 aromatic heterocycles. The number of carbonyl (C=O) groups excluding carboxylic acids is 3. The number of nitrogens with zero attached hydrogens (tertiary/aromatic N) is 2. The molecule has 0 spiro atoms. The van der Waals surface area contributed by atoms with Crippen molar-refractivity contribution in [2.24, 2.45) is 0 Å². The lowest BCUT2D eigenvalue weighted by Crippen LogP contribution is -2.33. The lowest BCUT2D eigenvalue weighted by molar-refractivity contribution is -0.384. The lowest BCUT2D eigenvalue weighted by Gasteiger charge is -2.17. The molecule has 1 heterocycles. The smallest absolute Gasteiger partial charge is 0.335 e. The number of hydrogen-bond donors (Lipinski definition) is 0. The summed E-state index contributed by atoms with van der Waals surface area (Å²) in [5.41, 5.74) is 1.19. The zero-order valence-corrected chi connectivity index (χ0v) is 16.1. The van der Waals surface area contributed by atoms with E-state index in [1.165, 1.54) is 42.4 Å². The van der Waals surface area contributed by atoms with Gasteiger partial charge in [0.25, 0.3) is 17.4 Å². The van der Waals surface area contributed by atoms with E-state index in [0.717, 1.165) is 0 Å². The first kappa shape index (κ1) is 19.4. The second kappa shape index (κ2) is 7.73. The first-order valence-electron chi connectivity index (χ1n) is 8.01. The third-order valence-corrected chi connectivity index (χ3v) is 4.65. The van der Waals surface area contributed by atoms with Gasteiger partial charge in [0.05, 0.1) is 35.4 Å². The Hall–Kier alpha value is -3.33. The number of amides is 1. The Labute approximate surface area is 167 Å². The van der Waals surface area contributed by atoms with Gasteiger partial charge in [0.2, 0.25) is 0 Å². The van der Waals surface area contributed by atoms with Crippen LogP contribution in [0.1, 0.15) is 15.9 Å². The molecule has 0 N–H and O–H groups in total. The average Bonchev–Trinajstić information content (AvgIpc) is 2.91. The molecule has 0 atom stereocenters. The number of nitro benzene ring substituents is 1. The monoisotopic (exact) mass is 444 g/mol. The Morgan fingerprint density at radius 1 is 1.21 bits per heavy atom. The summed E-state index contributed by atoms with van der Waals surface area (Å²) in [7, 11) is 1.20. The third-order valence-electron chi connectivity index (χ3n) is 4.15. The predicted molar refractivity (Wildman–Crippen MR) is 104 cm³/mol. The largest absolute Gasteiger partial charge is 0.466 e. The van der Waals surface area contributed by atoms with E-state index in [9.17, 15) is 24.5 Å². The van der Waals surface area contributed by atoms with E-state index in [-0.39, 0.29) is 23.4 Å². The molecule has 9 heteroatoms. The number of carbonyl (C=O) groups is 3. The SMILES string of the molecule is COC(=O)/C(=C/c1ccc([N+](=O)[O-])cc1)CN1C(=O)C(=O)c2cc(Br)ccc21. The van der Waals surface area contributed by atoms with Crippen molar-refractivity contribution in [1.29, 1.82) is 0 Å². The fourth-order valence-electron chi connectivity index (χ4n) is 2.79. The summed E-state index contributed by atoms with van der Waals surface area (Å²) in [6.45, 7) is -0.178. The van der Waals surface area contributed by atoms with Crippen LogP contribution in [0.3, 0.4) is 0 Å². The molecule has 8 nitrogen and oxygen atoms in total. The summed E-state index contributed by atoms with van der Waals surface area (Å²) in [4.78, 5) is 48.3. The van der Waals surface area contributed by atoms with Crippen molar-refractivity contribution in [3.63, 3.8) is 0 Å². The van der Waals surface area contributed by atoms with Gasteiger partial charge in [-0.2, -0.15) is 0 Å². The minimum absolute atomic E-state index is 0.0865. The number of halogens is 1. The van der Waals surface area contributed by atoms with Gasteiger partial charge in [-0.05, 0) is 42.0 Å². The van der Waals surface area contributed by atoms with Crippen LogP contribution in [0.5, 0.6) is 0 Å². The van der Waals surface area contributed by atoms with Crippen molar-refractivity contribution in [3.8, 4) is 0 Å². The highest BCUT2D eigenvalue weighted by atomic mass is 79.9. The standard InChI is InChI=1S/C19H13BrN2O6/c1-28-19(25)12(8-11-2-5-14(6-3-11)22(26)27)10-21-16-7-4-13(20)9-15(16)17(23)18(21)24/h2-9H,10H2,1H3/b12-8+. The first-order chi connectivity index (χ1) is 13.3. The summed E-state index contributed by atoms with van der Waals surface area (Å²) >= 11 is 3.26. The Balaban J connectivity index is 1.96. The Bertz CT molecular complexity index is 1030. The maximum Gasteiger partial charge on any atom is 0.335 e. The summed E-state index contributed by atoms with van der Waals surface area (Å²) in [6.07, 6.45) is 1.46. The van der Waals surface area contributed by atoms with E-state index in [0.29, 0.717) is 15.7 Å². The summed E-state index contributed by atoms with van der Waals surface area (Å²) in [5.74, 6) is -2.08. The van der Waals surface area contributed by atoms with Crippen LogP contribution in [0.4, 0.5) is 11.4 Å². The predicted octanol–water partition coefficient (Wildman–Crippen LogP) is 3.14. The van der Waals surface area contributed by atoms with Crippen LogP contribution in [-0.2, 0) is 14.3 Å². The number of hydrogen-bond acceptors (Lipinski definition) is 6. The second-order valence-electron chi connectivity index (χ2n) is 5.89. The number of ether oxygens (including phenoxy) is 1. The molecule has 2 aromatic rings. The summed E-state index contributed by atoms with van der Waals surface area (Å²) in [5, 5.41) is 10.8. The molecular weight excluding hydrogens is 432 g/mol. The van der Waals surface area contributed by atoms with Crippen molar-refractivity contribution >= 4 is 51.0 Å². The van der Waals surface area contributed by atoms with Crippen molar-refractivity contribution in [2.45, 2.75) is 0 Å². The van der Waals surface area contributed by atoms with Gasteiger partial charge in [0.1, 0.15) is 0 Å². The van der Waals surface area contributed by atoms with Crippen LogP contribution in [0.2, 0.25) is 0 Å². The van der Waals surface area contributed by atoms with Crippen molar-refractivity contribution in [3.05, 3.63) is 73.8 Å². The van der Waals surface area contributed by atoms with Gasteiger partial charge in [-0.25, -0.2) is 4.79 Å². The zero-order chi connectivity index (χ0) is 20.4. The summed E-state index contributed by atoms with van der Waals surface area (Å²) < 4.78 is 5.44. The number of methoxy groups -OCH3 is 1. The van der Waals surface area contributed by atoms with Crippen LogP contribution < -0.4 is 4.90 Å². The molecule has 0 bridgehead atoms. The number of nitro groups is 1. The lowest BCUT2D eigenvalue weighted by atomic mass is 10.1. The van der Waals surface area contributed by atoms with Gasteiger partial charge in [-0.15, -0.1) is 0 Å². The van der Waals surface area contributed by atoms with Crippen LogP contribution in [0.15, 0.2) is 52.5 Å². The van der Waals surface area contributed by atoms with E-state index in [2.05, 4.69) is 15.9 Å². The number of non-ortho nitro benzene ring substituents is 1. The highest BCUT2D eigenvalue weighted by Crippen LogP contribution is 2.32. The van der Waals surface area contributed by atoms with Crippen molar-refractivity contribution in [2.75, 3.05) is 18.6 Å². The van der Waals surface area contributed by atoms with Gasteiger partial charge in [-0.3, -0.25) is 19.7 Å². The average molecular weight is 445 g/mol. The molecule has 0 saturated carbocycles. The van der Waals surface area contributed by atoms with Crippen molar-refractivity contribution < 1.29 is 24.0 Å². The Kier molecular flexibility index (Phi) is 5.36. The molecule has 2 aromatic carbocycles. The topological polar surface area (TPSA) is 107 Å². The quantitative estimate of drug-likeness (QED) is 0.230. The molecule has 142 valence electrons. The molecule has 0 aliphatic carbocycles. The van der Waals surface area contributed by atoms with Gasteiger partial charge in [-0.1, -0.05) is 15.9 Å². The fraction of sp³-hybridized carbons (Fsp3) is 0.105. The molecule has 28 heavy (non-hydrogen) atoms. The van der Waals surface area contributed by atoms with E-state index in [1.807, 2.05) is 0 Å². The van der Waals surface area contributed by atoms with Gasteiger partial charge in [0, 0.05) is 16.6 Å². The number of Topliss-reactive ketones (excluding diaryl/α,β-unsaturated/α-hetero) is 1. The molecule has 0 fully saturated rings. The van der Waals surface area contributed by atoms with Crippen LogP contribution in [-0.4, -0.2) is 36.2 Å². The van der Waals surface area contributed by atoms with Gasteiger partial charge in [0.15, 0.2) is 0 Å². The number of ketones is 1. The Morgan fingerprint density at radius 3 is 2.50 bits per heavy atom. The van der Waals surface area contributed by atoms with E-state index < -0.39 is 22.6 Å². The minimum atomic E-state index is -0.744. The van der Waals surface area contributed by atoms with E-state index >= 15 is 0 Å². The van der Waals surface area contributed by atoms with Crippen LogP contribution in [0.25, 0.3) is 6.08 Å². The number of fused-ring (bicyclic) bond motifs is 1. The highest BCUT2D eigenvalue weighted by molar-refractivity contribution is 9.10. The molecule has 1 amide bonds. The van der Waals surface area contributed by atoms with Crippen LogP contribution >= 0.6 is 15.9 Å². The molecular formula is C19H13BrN2O6. The number of anilines is 1. The normalized spacial score (nSPS) is 13.5. The highest BCUT2D eigenvalue weighted by Gasteiger charge is 2.37. The number of esters is 1. The van der Waals surface area contributed by atoms with Gasteiger partial charge >= 0.3 is 5.97 Å². The van der Waals surface area contributed by atoms with E-state index in [4.69, 9.17) is 4.74 Å². The molecule has 0 radical (unpaired) electrons. The maximum absolute atomic E-state index is 12.4. The molecule has 3 rings (SSSR count). The van der Waals surface area contributed by atoms with Gasteiger partial charge < -0.3 is 9.64 Å². The first-order valence-corrected chi connectivity index (χ1v) is 8.80. The summed E-state index contributed by atoms with van der Waals surface area (Å²) in [6, 6.07) is 10.4. The van der Waals surface area contributed by atoms with E-state index in [1.54, 1.807) is 18.2 Å². The van der Waals surface area contributed by atoms with Crippen LogP contribution in [0, 0.1) is 10.1 Å². The minimum Gasteiger partial charge on any atom is -0.466 e. The molecule has 0 saturated heterocycles. The maximum atomic E-state index is 12.4. The van der Waals surface area contributed by atoms with Crippen molar-refractivity contribution in [1.82, 2.24) is 0 Å². The second-order valence-corrected chi connectivity index (χ2v) is 6.81. The molecule has 1 aliphatic heterocycles. The molecule has 1 aliphatic rings. The molecule has 0 unspecified atom stereocenters. The third kappa shape index (κ3) is 3.70.